The van der Waals surface area contributed by atoms with Gasteiger partial charge in [-0.3, -0.25) is 24.8 Å². The highest BCUT2D eigenvalue weighted by Crippen LogP contribution is 2.29. The maximum absolute atomic E-state index is 13.0. The Morgan fingerprint density at radius 1 is 1.19 bits per heavy atom. The summed E-state index contributed by atoms with van der Waals surface area (Å²) in [6.07, 6.45) is 2.83. The van der Waals surface area contributed by atoms with Crippen LogP contribution in [0.4, 0.5) is 5.69 Å². The molecule has 3 heterocycles. The molecule has 5 rings (SSSR count). The zero-order valence-corrected chi connectivity index (χ0v) is 18.3. The Hall–Kier alpha value is -3.72. The van der Waals surface area contributed by atoms with E-state index in [9.17, 15) is 9.59 Å². The van der Waals surface area contributed by atoms with Crippen LogP contribution in [0.3, 0.4) is 0 Å². The number of amides is 1. The van der Waals surface area contributed by atoms with Crippen molar-refractivity contribution in [3.8, 4) is 5.75 Å². The van der Waals surface area contributed by atoms with Crippen LogP contribution in [0.25, 0.3) is 10.9 Å². The Bertz CT molecular complexity index is 1280. The second kappa shape index (κ2) is 8.08. The minimum atomic E-state index is -0.654. The average molecular weight is 448 g/mol. The molecule has 0 spiro atoms. The number of ether oxygens (including phenoxy) is 1. The number of rotatable bonds is 5. The molecular formula is C23H21N5O3S. The number of hydrazone groups is 1. The van der Waals surface area contributed by atoms with Crippen molar-refractivity contribution in [3.63, 3.8) is 0 Å². The van der Waals surface area contributed by atoms with Crippen LogP contribution in [0.15, 0.2) is 66.0 Å². The number of nitrogens with one attached hydrogen (secondary N) is 2. The summed E-state index contributed by atoms with van der Waals surface area (Å²) in [6.45, 7) is 1.90. The monoisotopic (exact) mass is 447 g/mol. The summed E-state index contributed by atoms with van der Waals surface area (Å²) < 4.78 is 5.26. The molecule has 1 unspecified atom stereocenters. The van der Waals surface area contributed by atoms with Crippen LogP contribution >= 0.6 is 11.8 Å². The number of aryl methyl sites for hydroxylation is 1. The van der Waals surface area contributed by atoms with Crippen molar-refractivity contribution in [1.29, 1.82) is 0 Å². The molecule has 2 aliphatic heterocycles. The Balaban J connectivity index is 1.30. The van der Waals surface area contributed by atoms with Crippen molar-refractivity contribution in [2.75, 3.05) is 17.8 Å². The summed E-state index contributed by atoms with van der Waals surface area (Å²) in [5.74, 6) is 0.734. The number of H-pyrrole nitrogens is 1. The van der Waals surface area contributed by atoms with Gasteiger partial charge in [0.2, 0.25) is 6.17 Å². The summed E-state index contributed by atoms with van der Waals surface area (Å²) in [5, 5.41) is 5.80. The van der Waals surface area contributed by atoms with Crippen molar-refractivity contribution in [2.45, 2.75) is 13.1 Å². The molecule has 9 heteroatoms. The molecule has 3 aromatic rings. The van der Waals surface area contributed by atoms with E-state index in [2.05, 4.69) is 15.5 Å². The van der Waals surface area contributed by atoms with Gasteiger partial charge in [-0.1, -0.05) is 36.0 Å². The van der Waals surface area contributed by atoms with Gasteiger partial charge in [-0.15, -0.1) is 0 Å². The van der Waals surface area contributed by atoms with Crippen LogP contribution in [-0.2, 0) is 4.79 Å². The molecule has 0 radical (unpaired) electrons. The molecule has 1 amide bonds. The number of aromatic amines is 1. The quantitative estimate of drug-likeness (QED) is 0.583. The summed E-state index contributed by atoms with van der Waals surface area (Å²) in [6, 6.07) is 15.1. The predicted octanol–water partition coefficient (Wildman–Crippen LogP) is 3.42. The molecule has 0 fully saturated rings. The van der Waals surface area contributed by atoms with Crippen LogP contribution in [-0.4, -0.2) is 45.8 Å². The largest absolute Gasteiger partial charge is 0.497 e. The smallest absolute Gasteiger partial charge is 0.276 e. The first-order valence-electron chi connectivity index (χ1n) is 10.1. The van der Waals surface area contributed by atoms with E-state index in [0.29, 0.717) is 22.2 Å². The lowest BCUT2D eigenvalue weighted by Gasteiger charge is -2.32. The van der Waals surface area contributed by atoms with Crippen molar-refractivity contribution >= 4 is 45.2 Å². The van der Waals surface area contributed by atoms with E-state index in [4.69, 9.17) is 4.74 Å². The molecule has 32 heavy (non-hydrogen) atoms. The lowest BCUT2D eigenvalue weighted by atomic mass is 10.1. The second-order valence-corrected chi connectivity index (χ2v) is 8.37. The summed E-state index contributed by atoms with van der Waals surface area (Å²) in [4.78, 5) is 32.6. The molecule has 0 saturated heterocycles. The fourth-order valence-electron chi connectivity index (χ4n) is 3.93. The van der Waals surface area contributed by atoms with Crippen molar-refractivity contribution in [3.05, 3.63) is 72.2 Å². The standard InChI is InChI=1S/C23H21N5O3S/c1-14-20(17-8-3-4-9-18(17)24-14)19(29)13-32-23-26-25-21-22(30)27(10-11-28(21)23)15-6-5-7-16(12-15)31-2/h3-12,21,24-25H,13H2,1-2H3. The molecular weight excluding hydrogens is 426 g/mol. The third-order valence-corrected chi connectivity index (χ3v) is 6.43. The van der Waals surface area contributed by atoms with Gasteiger partial charge in [0.25, 0.3) is 5.91 Å². The van der Waals surface area contributed by atoms with Gasteiger partial charge in [-0.2, -0.15) is 5.10 Å². The number of anilines is 1. The number of aromatic nitrogens is 1. The highest BCUT2D eigenvalue weighted by atomic mass is 32.2. The van der Waals surface area contributed by atoms with Crippen LogP contribution in [0.5, 0.6) is 5.75 Å². The number of benzene rings is 2. The fourth-order valence-corrected chi connectivity index (χ4v) is 4.77. The van der Waals surface area contributed by atoms with E-state index in [1.54, 1.807) is 35.4 Å². The number of hydrogen-bond donors (Lipinski definition) is 2. The Labute approximate surface area is 188 Å². The number of amidine groups is 1. The van der Waals surface area contributed by atoms with Gasteiger partial charge in [0.05, 0.1) is 18.6 Å². The number of fused-ring (bicyclic) bond motifs is 2. The van der Waals surface area contributed by atoms with Gasteiger partial charge in [-0.25, -0.2) is 0 Å². The average Bonchev–Trinajstić information content (AvgIpc) is 3.38. The Kier molecular flexibility index (Phi) is 5.10. The zero-order valence-electron chi connectivity index (χ0n) is 17.5. The van der Waals surface area contributed by atoms with Gasteiger partial charge in [0.15, 0.2) is 11.0 Å². The van der Waals surface area contributed by atoms with Gasteiger partial charge in [0, 0.05) is 40.6 Å². The third-order valence-electron chi connectivity index (χ3n) is 5.47. The highest BCUT2D eigenvalue weighted by Gasteiger charge is 2.38. The Morgan fingerprint density at radius 3 is 2.88 bits per heavy atom. The van der Waals surface area contributed by atoms with Crippen molar-refractivity contribution < 1.29 is 14.3 Å². The zero-order chi connectivity index (χ0) is 22.2. The number of carbonyl (C=O) groups excluding carboxylic acids is 2. The number of methoxy groups -OCH3 is 1. The first-order chi connectivity index (χ1) is 15.6. The van der Waals surface area contributed by atoms with Gasteiger partial charge >= 0.3 is 0 Å². The number of para-hydroxylation sites is 1. The normalized spacial score (nSPS) is 17.4. The fraction of sp³-hybridized carbons (Fsp3) is 0.174. The number of Topliss-reactive ketones (excluding diaryl/α,β-unsaturated/α-hetero) is 1. The Morgan fingerprint density at radius 2 is 2.03 bits per heavy atom. The lowest BCUT2D eigenvalue weighted by Crippen LogP contribution is -2.52. The lowest BCUT2D eigenvalue weighted by molar-refractivity contribution is -0.122. The molecule has 2 aliphatic rings. The van der Waals surface area contributed by atoms with Crippen LogP contribution in [0.2, 0.25) is 0 Å². The first kappa shape index (κ1) is 20.2. The minimum absolute atomic E-state index is 0.0152. The molecule has 1 atom stereocenters. The number of hydrogen-bond acceptors (Lipinski definition) is 7. The number of carbonyl (C=O) groups is 2. The molecule has 0 bridgehead atoms. The first-order valence-corrected chi connectivity index (χ1v) is 11.1. The molecule has 8 nitrogen and oxygen atoms in total. The van der Waals surface area contributed by atoms with E-state index >= 15 is 0 Å². The predicted molar refractivity (Wildman–Crippen MR) is 126 cm³/mol. The topological polar surface area (TPSA) is 90.0 Å². The van der Waals surface area contributed by atoms with E-state index < -0.39 is 6.17 Å². The maximum atomic E-state index is 13.0. The SMILES string of the molecule is COc1cccc(N2C=CN3C(SCC(=O)c4c(C)[nH]c5ccccc45)=NNC3C2=O)c1. The van der Waals surface area contributed by atoms with Gasteiger partial charge < -0.3 is 9.72 Å². The molecule has 1 aromatic heterocycles. The molecule has 2 aromatic carbocycles. The van der Waals surface area contributed by atoms with E-state index in [1.165, 1.54) is 11.8 Å². The van der Waals surface area contributed by atoms with Crippen LogP contribution in [0.1, 0.15) is 16.1 Å². The van der Waals surface area contributed by atoms with Crippen LogP contribution < -0.4 is 15.1 Å². The molecule has 162 valence electrons. The van der Waals surface area contributed by atoms with E-state index in [1.807, 2.05) is 49.4 Å². The highest BCUT2D eigenvalue weighted by molar-refractivity contribution is 8.14. The maximum Gasteiger partial charge on any atom is 0.276 e. The van der Waals surface area contributed by atoms with Crippen LogP contribution in [0, 0.1) is 6.92 Å². The van der Waals surface area contributed by atoms with E-state index in [-0.39, 0.29) is 17.4 Å². The summed E-state index contributed by atoms with van der Waals surface area (Å²) in [7, 11) is 1.59. The molecule has 0 aliphatic carbocycles. The van der Waals surface area contributed by atoms with Crippen molar-refractivity contribution in [2.24, 2.45) is 5.10 Å². The third kappa shape index (κ3) is 3.40. The van der Waals surface area contributed by atoms with Gasteiger partial charge in [0.1, 0.15) is 5.75 Å². The molecule has 0 saturated carbocycles. The number of ketones is 1. The minimum Gasteiger partial charge on any atom is -0.497 e. The molecule has 2 N–H and O–H groups in total. The second-order valence-electron chi connectivity index (χ2n) is 7.42. The van der Waals surface area contributed by atoms with Crippen molar-refractivity contribution in [1.82, 2.24) is 15.3 Å². The van der Waals surface area contributed by atoms with E-state index in [0.717, 1.165) is 16.6 Å². The summed E-state index contributed by atoms with van der Waals surface area (Å²) >= 11 is 1.31. The summed E-state index contributed by atoms with van der Waals surface area (Å²) in [5.41, 5.74) is 6.09. The number of nitrogens with zero attached hydrogens (tertiary/aromatic N) is 3. The number of thioether (sulfide) groups is 1. The van der Waals surface area contributed by atoms with Gasteiger partial charge in [-0.05, 0) is 25.1 Å².